The highest BCUT2D eigenvalue weighted by molar-refractivity contribution is 7.99. The highest BCUT2D eigenvalue weighted by atomic mass is 35.5. The second-order valence-corrected chi connectivity index (χ2v) is 9.84. The van der Waals surface area contributed by atoms with Gasteiger partial charge >= 0.3 is 0 Å². The van der Waals surface area contributed by atoms with E-state index in [0.717, 1.165) is 43.5 Å². The van der Waals surface area contributed by atoms with Crippen molar-refractivity contribution < 1.29 is 9.18 Å². The number of thioether (sulfide) groups is 1. The quantitative estimate of drug-likeness (QED) is 0.375. The molecular weight excluding hydrogens is 473 g/mol. The number of nitrogens with zero attached hydrogens (tertiary/aromatic N) is 4. The maximum absolute atomic E-state index is 13.2. The summed E-state index contributed by atoms with van der Waals surface area (Å²) in [6.07, 6.45) is 4.22. The van der Waals surface area contributed by atoms with Gasteiger partial charge in [-0.1, -0.05) is 41.6 Å². The minimum absolute atomic E-state index is 0.0263. The molecule has 0 atom stereocenters. The number of halogens is 2. The van der Waals surface area contributed by atoms with E-state index < -0.39 is 5.82 Å². The summed E-state index contributed by atoms with van der Waals surface area (Å²) in [5.41, 5.74) is 0.637. The molecule has 1 saturated heterocycles. The van der Waals surface area contributed by atoms with E-state index in [1.807, 2.05) is 6.92 Å². The Morgan fingerprint density at radius 2 is 2.06 bits per heavy atom. The van der Waals surface area contributed by atoms with Crippen molar-refractivity contribution in [2.75, 3.05) is 29.1 Å². The second kappa shape index (κ2) is 10.2. The van der Waals surface area contributed by atoms with E-state index in [-0.39, 0.29) is 22.2 Å². The Hall–Kier alpha value is -2.17. The summed E-state index contributed by atoms with van der Waals surface area (Å²) in [5, 5.41) is 4.08. The number of nitrogens with one attached hydrogen (secondary N) is 1. The topological polar surface area (TPSA) is 80.1 Å². The zero-order chi connectivity index (χ0) is 22.7. The first-order valence-corrected chi connectivity index (χ1v) is 12.7. The normalized spacial score (nSPS) is 14.2. The van der Waals surface area contributed by atoms with Gasteiger partial charge < -0.3 is 10.2 Å². The molecule has 1 aliphatic rings. The van der Waals surface area contributed by atoms with Crippen molar-refractivity contribution >= 4 is 61.8 Å². The van der Waals surface area contributed by atoms with Crippen LogP contribution in [0.15, 0.2) is 28.2 Å². The van der Waals surface area contributed by atoms with Gasteiger partial charge in [-0.05, 0) is 43.9 Å². The molecule has 3 aromatic rings. The number of hydrogen-bond donors (Lipinski definition) is 1. The van der Waals surface area contributed by atoms with E-state index in [1.54, 1.807) is 4.57 Å². The smallest absolute Gasteiger partial charge is 0.273 e. The monoisotopic (exact) mass is 495 g/mol. The fraction of sp³-hybridized carbons (Fsp3) is 0.429. The van der Waals surface area contributed by atoms with Crippen LogP contribution in [0.25, 0.3) is 10.3 Å². The van der Waals surface area contributed by atoms with Gasteiger partial charge in [-0.3, -0.25) is 14.2 Å². The van der Waals surface area contributed by atoms with Crippen LogP contribution in [0.5, 0.6) is 0 Å². The fourth-order valence-electron chi connectivity index (χ4n) is 3.54. The molecule has 32 heavy (non-hydrogen) atoms. The summed E-state index contributed by atoms with van der Waals surface area (Å²) in [6.45, 7) is 4.38. The van der Waals surface area contributed by atoms with Crippen LogP contribution in [0, 0.1) is 5.82 Å². The molecule has 170 valence electrons. The lowest BCUT2D eigenvalue weighted by atomic mass is 10.1. The van der Waals surface area contributed by atoms with Crippen LogP contribution < -0.4 is 15.8 Å². The van der Waals surface area contributed by atoms with Crippen LogP contribution in [-0.4, -0.2) is 39.3 Å². The lowest BCUT2D eigenvalue weighted by molar-refractivity contribution is -0.113. The summed E-state index contributed by atoms with van der Waals surface area (Å²) in [4.78, 5) is 37.0. The number of piperidine rings is 1. The summed E-state index contributed by atoms with van der Waals surface area (Å²) in [6, 6.07) is 3.78. The zero-order valence-electron chi connectivity index (χ0n) is 17.6. The summed E-state index contributed by atoms with van der Waals surface area (Å²) in [5.74, 6) is -0.776. The van der Waals surface area contributed by atoms with E-state index in [0.29, 0.717) is 27.7 Å². The van der Waals surface area contributed by atoms with Gasteiger partial charge in [0.2, 0.25) is 5.91 Å². The predicted octanol–water partition coefficient (Wildman–Crippen LogP) is 4.78. The molecule has 4 rings (SSSR count). The molecule has 0 bridgehead atoms. The Morgan fingerprint density at radius 1 is 1.28 bits per heavy atom. The third kappa shape index (κ3) is 5.07. The fourth-order valence-corrected chi connectivity index (χ4v) is 5.57. The van der Waals surface area contributed by atoms with Gasteiger partial charge in [-0.15, -0.1) is 0 Å². The second-order valence-electron chi connectivity index (χ2n) is 7.51. The van der Waals surface area contributed by atoms with Gasteiger partial charge in [0, 0.05) is 19.6 Å². The lowest BCUT2D eigenvalue weighted by Gasteiger charge is -2.25. The Balaban J connectivity index is 1.55. The van der Waals surface area contributed by atoms with Crippen LogP contribution in [0.2, 0.25) is 5.02 Å². The first-order valence-electron chi connectivity index (χ1n) is 10.5. The zero-order valence-corrected chi connectivity index (χ0v) is 20.0. The largest absolute Gasteiger partial charge is 0.348 e. The first kappa shape index (κ1) is 23.0. The van der Waals surface area contributed by atoms with E-state index in [9.17, 15) is 14.0 Å². The van der Waals surface area contributed by atoms with Crippen LogP contribution >= 0.6 is 34.7 Å². The van der Waals surface area contributed by atoms with Crippen molar-refractivity contribution in [1.29, 1.82) is 0 Å². The third-order valence-corrected chi connectivity index (χ3v) is 7.46. The van der Waals surface area contributed by atoms with Crippen molar-refractivity contribution in [2.24, 2.45) is 0 Å². The van der Waals surface area contributed by atoms with Gasteiger partial charge in [-0.2, -0.15) is 4.98 Å². The Bertz CT molecular complexity index is 1190. The number of amides is 1. The molecule has 1 amide bonds. The van der Waals surface area contributed by atoms with Crippen LogP contribution in [0.1, 0.15) is 32.6 Å². The summed E-state index contributed by atoms with van der Waals surface area (Å²) >= 11 is 8.54. The number of fused-ring (bicyclic) bond motifs is 1. The first-order chi connectivity index (χ1) is 15.5. The molecule has 7 nitrogen and oxygen atoms in total. The van der Waals surface area contributed by atoms with Crippen molar-refractivity contribution in [3.8, 4) is 0 Å². The predicted molar refractivity (Wildman–Crippen MR) is 129 cm³/mol. The molecule has 1 aromatic carbocycles. The Morgan fingerprint density at radius 3 is 2.78 bits per heavy atom. The molecule has 0 unspecified atom stereocenters. The van der Waals surface area contributed by atoms with Crippen molar-refractivity contribution in [3.63, 3.8) is 0 Å². The molecule has 0 radical (unpaired) electrons. The van der Waals surface area contributed by atoms with Gasteiger partial charge in [0.25, 0.3) is 5.56 Å². The number of anilines is 2. The van der Waals surface area contributed by atoms with Gasteiger partial charge in [0.1, 0.15) is 10.5 Å². The number of rotatable bonds is 7. The van der Waals surface area contributed by atoms with Crippen molar-refractivity contribution in [1.82, 2.24) is 14.5 Å². The maximum Gasteiger partial charge on any atom is 0.273 e. The molecule has 2 aromatic heterocycles. The minimum atomic E-state index is -0.476. The van der Waals surface area contributed by atoms with Crippen molar-refractivity contribution in [3.05, 3.63) is 39.4 Å². The van der Waals surface area contributed by atoms with Crippen LogP contribution in [0.4, 0.5) is 15.2 Å². The number of aromatic nitrogens is 3. The van der Waals surface area contributed by atoms with Crippen LogP contribution in [0.3, 0.4) is 0 Å². The molecule has 11 heteroatoms. The van der Waals surface area contributed by atoms with E-state index in [1.165, 1.54) is 41.7 Å². The third-order valence-electron chi connectivity index (χ3n) is 5.08. The molecule has 1 aliphatic heterocycles. The molecule has 0 aliphatic carbocycles. The molecule has 0 saturated carbocycles. The summed E-state index contributed by atoms with van der Waals surface area (Å²) in [7, 11) is 0. The minimum Gasteiger partial charge on any atom is -0.348 e. The molecule has 0 spiro atoms. The van der Waals surface area contributed by atoms with E-state index in [4.69, 9.17) is 11.6 Å². The lowest BCUT2D eigenvalue weighted by Crippen LogP contribution is -2.29. The molecule has 1 N–H and O–H groups in total. The number of benzene rings is 1. The van der Waals surface area contributed by atoms with Gasteiger partial charge in [0.05, 0.1) is 16.5 Å². The summed E-state index contributed by atoms with van der Waals surface area (Å²) < 4.78 is 15.4. The van der Waals surface area contributed by atoms with Gasteiger partial charge in [-0.25, -0.2) is 9.37 Å². The Kier molecular flexibility index (Phi) is 7.32. The van der Waals surface area contributed by atoms with E-state index in [2.05, 4.69) is 20.2 Å². The molecular formula is C21H23ClFN5O2S2. The number of carbonyl (C=O) groups is 1. The maximum atomic E-state index is 13.2. The Labute approximate surface area is 198 Å². The van der Waals surface area contributed by atoms with Crippen LogP contribution in [-0.2, 0) is 11.3 Å². The number of carbonyl (C=O) groups excluding carboxylic acids is 1. The number of thiazole rings is 1. The SMILES string of the molecule is CCCn1c(SCC(=O)Nc2ccc(F)cc2Cl)nc2nc(N3CCCCC3)sc2c1=O. The average molecular weight is 496 g/mol. The molecule has 3 heterocycles. The standard InChI is InChI=1S/C21H23ClFN5O2S2/c1-2-8-28-19(30)17-18(25-20(32-17)27-9-4-3-5-10-27)26-21(28)31-12-16(29)24-15-7-6-13(23)11-14(15)22/h6-7,11H,2-5,8-10,12H2,1H3,(H,24,29). The highest BCUT2D eigenvalue weighted by Gasteiger charge is 2.20. The average Bonchev–Trinajstić information content (AvgIpc) is 3.22. The van der Waals surface area contributed by atoms with Gasteiger partial charge in [0.15, 0.2) is 15.9 Å². The molecule has 1 fully saturated rings. The highest BCUT2D eigenvalue weighted by Crippen LogP contribution is 2.29. The van der Waals surface area contributed by atoms with Crippen molar-refractivity contribution in [2.45, 2.75) is 44.3 Å². The van der Waals surface area contributed by atoms with E-state index >= 15 is 0 Å². The number of hydrogen-bond acceptors (Lipinski definition) is 7.